The Morgan fingerprint density at radius 2 is 2.15 bits per heavy atom. The van der Waals surface area contributed by atoms with Crippen LogP contribution < -0.4 is 5.32 Å². The van der Waals surface area contributed by atoms with Gasteiger partial charge in [-0.2, -0.15) is 0 Å². The molecule has 2 amide bonds. The summed E-state index contributed by atoms with van der Waals surface area (Å²) in [5.74, 6) is -0.423. The smallest absolute Gasteiger partial charge is 0.354 e. The van der Waals surface area contributed by atoms with Gasteiger partial charge in [-0.1, -0.05) is 6.92 Å². The summed E-state index contributed by atoms with van der Waals surface area (Å²) in [7, 11) is 0. The van der Waals surface area contributed by atoms with Crippen molar-refractivity contribution in [3.8, 4) is 0 Å². The predicted octanol–water partition coefficient (Wildman–Crippen LogP) is 2.43. The molecule has 1 fully saturated rings. The molecule has 1 unspecified atom stereocenters. The highest BCUT2D eigenvalue weighted by Gasteiger charge is 2.18. The van der Waals surface area contributed by atoms with Crippen LogP contribution in [0.2, 0.25) is 0 Å². The van der Waals surface area contributed by atoms with E-state index in [4.69, 9.17) is 5.11 Å². The van der Waals surface area contributed by atoms with E-state index in [1.807, 2.05) is 0 Å². The highest BCUT2D eigenvalue weighted by molar-refractivity contribution is 5.90. The fourth-order valence-electron chi connectivity index (χ4n) is 2.26. The molecule has 0 radical (unpaired) electrons. The van der Waals surface area contributed by atoms with Crippen LogP contribution >= 0.6 is 0 Å². The Hall–Kier alpha value is -2.11. The minimum absolute atomic E-state index is 0.0356. The molecule has 1 aromatic heterocycles. The largest absolute Gasteiger partial charge is 0.477 e. The second-order valence-electron chi connectivity index (χ2n) is 5.19. The van der Waals surface area contributed by atoms with Crippen LogP contribution in [0, 0.1) is 5.92 Å². The summed E-state index contributed by atoms with van der Waals surface area (Å²) in [6.45, 7) is 3.72. The molecule has 2 N–H and O–H groups in total. The Morgan fingerprint density at radius 3 is 2.80 bits per heavy atom. The number of aromatic nitrogens is 1. The maximum Gasteiger partial charge on any atom is 0.354 e. The lowest BCUT2D eigenvalue weighted by atomic mass is 10.0. The second kappa shape index (κ2) is 6.36. The average molecular weight is 277 g/mol. The molecule has 1 aliphatic heterocycles. The van der Waals surface area contributed by atoms with Crippen LogP contribution in [0.1, 0.15) is 36.7 Å². The van der Waals surface area contributed by atoms with Gasteiger partial charge in [0.15, 0.2) is 0 Å². The Kier molecular flexibility index (Phi) is 4.55. The maximum absolute atomic E-state index is 12.1. The quantitative estimate of drug-likeness (QED) is 0.869. The third-order valence-electron chi connectivity index (χ3n) is 3.54. The topological polar surface area (TPSA) is 82.5 Å². The number of carbonyl (C=O) groups excluding carboxylic acids is 1. The van der Waals surface area contributed by atoms with E-state index in [2.05, 4.69) is 17.2 Å². The van der Waals surface area contributed by atoms with Crippen molar-refractivity contribution < 1.29 is 14.7 Å². The lowest BCUT2D eigenvalue weighted by Crippen LogP contribution is -2.35. The number of amides is 2. The van der Waals surface area contributed by atoms with Crippen LogP contribution in [0.15, 0.2) is 18.3 Å². The van der Waals surface area contributed by atoms with Crippen molar-refractivity contribution in [3.05, 3.63) is 24.0 Å². The molecule has 108 valence electrons. The van der Waals surface area contributed by atoms with E-state index >= 15 is 0 Å². The number of urea groups is 1. The summed E-state index contributed by atoms with van der Waals surface area (Å²) >= 11 is 0. The monoisotopic (exact) mass is 277 g/mol. The molecular formula is C14H19N3O3. The Labute approximate surface area is 117 Å². The summed E-state index contributed by atoms with van der Waals surface area (Å²) in [6.07, 6.45) is 4.55. The summed E-state index contributed by atoms with van der Waals surface area (Å²) in [4.78, 5) is 28.4. The zero-order valence-electron chi connectivity index (χ0n) is 11.5. The van der Waals surface area contributed by atoms with Crippen molar-refractivity contribution in [2.75, 3.05) is 18.4 Å². The minimum Gasteiger partial charge on any atom is -0.477 e. The molecule has 6 heteroatoms. The standard InChI is InChI=1S/C14H19N3O3/c1-10-3-2-7-17(8-6-10)14(20)16-11-4-5-12(13(18)19)15-9-11/h4-5,9-10H,2-3,6-8H2,1H3,(H,16,20)(H,18,19). The number of likely N-dealkylation sites (tertiary alicyclic amines) is 1. The van der Waals surface area contributed by atoms with Gasteiger partial charge in [-0.3, -0.25) is 0 Å². The first kappa shape index (κ1) is 14.3. The number of aromatic carboxylic acids is 1. The van der Waals surface area contributed by atoms with E-state index in [1.165, 1.54) is 12.3 Å². The maximum atomic E-state index is 12.1. The number of hydrogen-bond donors (Lipinski definition) is 2. The van der Waals surface area contributed by atoms with Crippen LogP contribution in [0.3, 0.4) is 0 Å². The Morgan fingerprint density at radius 1 is 1.35 bits per heavy atom. The van der Waals surface area contributed by atoms with E-state index in [-0.39, 0.29) is 11.7 Å². The fraction of sp³-hybridized carbons (Fsp3) is 0.500. The minimum atomic E-state index is -1.08. The molecule has 20 heavy (non-hydrogen) atoms. The predicted molar refractivity (Wildman–Crippen MR) is 74.8 cm³/mol. The number of carboxylic acids is 1. The summed E-state index contributed by atoms with van der Waals surface area (Å²) in [5.41, 5.74) is 0.476. The van der Waals surface area contributed by atoms with Crippen LogP contribution in [0.25, 0.3) is 0 Å². The molecular weight excluding hydrogens is 258 g/mol. The molecule has 0 spiro atoms. The zero-order chi connectivity index (χ0) is 14.5. The molecule has 1 aliphatic rings. The van der Waals surface area contributed by atoms with Gasteiger partial charge in [0, 0.05) is 13.1 Å². The highest BCUT2D eigenvalue weighted by atomic mass is 16.4. The zero-order valence-corrected chi connectivity index (χ0v) is 11.5. The lowest BCUT2D eigenvalue weighted by Gasteiger charge is -2.20. The number of nitrogens with zero attached hydrogens (tertiary/aromatic N) is 2. The van der Waals surface area contributed by atoms with Gasteiger partial charge < -0.3 is 15.3 Å². The SMILES string of the molecule is CC1CCCN(C(=O)Nc2ccc(C(=O)O)nc2)CC1. The van der Waals surface area contributed by atoms with Gasteiger partial charge in [-0.25, -0.2) is 14.6 Å². The van der Waals surface area contributed by atoms with Gasteiger partial charge in [0.25, 0.3) is 0 Å². The first-order valence-electron chi connectivity index (χ1n) is 6.81. The number of carbonyl (C=O) groups is 2. The summed E-state index contributed by atoms with van der Waals surface area (Å²) in [5, 5.41) is 11.5. The van der Waals surface area contributed by atoms with Crippen LogP contribution in [0.4, 0.5) is 10.5 Å². The summed E-state index contributed by atoms with van der Waals surface area (Å²) < 4.78 is 0. The fourth-order valence-corrected chi connectivity index (χ4v) is 2.26. The van der Waals surface area contributed by atoms with Crippen molar-refractivity contribution in [1.29, 1.82) is 0 Å². The molecule has 1 aromatic rings. The number of pyridine rings is 1. The van der Waals surface area contributed by atoms with E-state index in [1.54, 1.807) is 11.0 Å². The highest BCUT2D eigenvalue weighted by Crippen LogP contribution is 2.17. The van der Waals surface area contributed by atoms with Gasteiger partial charge in [0.05, 0.1) is 11.9 Å². The van der Waals surface area contributed by atoms with Gasteiger partial charge in [-0.05, 0) is 37.3 Å². The third-order valence-corrected chi connectivity index (χ3v) is 3.54. The van der Waals surface area contributed by atoms with E-state index in [9.17, 15) is 9.59 Å². The lowest BCUT2D eigenvalue weighted by molar-refractivity contribution is 0.0690. The molecule has 2 heterocycles. The van der Waals surface area contributed by atoms with Crippen molar-refractivity contribution >= 4 is 17.7 Å². The molecule has 0 saturated carbocycles. The van der Waals surface area contributed by atoms with Gasteiger partial charge in [0.2, 0.25) is 0 Å². The first-order chi connectivity index (χ1) is 9.56. The molecule has 0 aromatic carbocycles. The van der Waals surface area contributed by atoms with E-state index < -0.39 is 5.97 Å². The second-order valence-corrected chi connectivity index (χ2v) is 5.19. The molecule has 0 aliphatic carbocycles. The molecule has 1 atom stereocenters. The molecule has 0 bridgehead atoms. The van der Waals surface area contributed by atoms with Gasteiger partial charge >= 0.3 is 12.0 Å². The molecule has 2 rings (SSSR count). The van der Waals surface area contributed by atoms with Crippen molar-refractivity contribution in [2.24, 2.45) is 5.92 Å². The molecule has 6 nitrogen and oxygen atoms in total. The van der Waals surface area contributed by atoms with Gasteiger partial charge in [-0.15, -0.1) is 0 Å². The Balaban J connectivity index is 1.95. The van der Waals surface area contributed by atoms with Crippen LogP contribution in [0.5, 0.6) is 0 Å². The van der Waals surface area contributed by atoms with Gasteiger partial charge in [0.1, 0.15) is 5.69 Å². The summed E-state index contributed by atoms with van der Waals surface area (Å²) in [6, 6.07) is 2.78. The number of anilines is 1. The van der Waals surface area contributed by atoms with Crippen molar-refractivity contribution in [3.63, 3.8) is 0 Å². The Bertz CT molecular complexity index is 487. The number of nitrogens with one attached hydrogen (secondary N) is 1. The number of hydrogen-bond acceptors (Lipinski definition) is 3. The van der Waals surface area contributed by atoms with Crippen molar-refractivity contribution in [2.45, 2.75) is 26.2 Å². The number of carboxylic acid groups (broad SMARTS) is 1. The third kappa shape index (κ3) is 3.69. The molecule has 1 saturated heterocycles. The van der Waals surface area contributed by atoms with Crippen molar-refractivity contribution in [1.82, 2.24) is 9.88 Å². The van der Waals surface area contributed by atoms with Crippen LogP contribution in [-0.2, 0) is 0 Å². The van der Waals surface area contributed by atoms with E-state index in [0.29, 0.717) is 11.6 Å². The first-order valence-corrected chi connectivity index (χ1v) is 6.81. The number of rotatable bonds is 2. The normalized spacial score (nSPS) is 19.2. The average Bonchev–Trinajstić information content (AvgIpc) is 2.64. The van der Waals surface area contributed by atoms with E-state index in [0.717, 1.165) is 32.4 Å². The van der Waals surface area contributed by atoms with Crippen LogP contribution in [-0.4, -0.2) is 40.1 Å².